The maximum absolute atomic E-state index is 14.7. The summed E-state index contributed by atoms with van der Waals surface area (Å²) in [4.78, 5) is 21.5. The number of anilines is 1. The number of halogens is 2. The second kappa shape index (κ2) is 4.44. The van der Waals surface area contributed by atoms with Gasteiger partial charge in [-0.2, -0.15) is 4.98 Å². The summed E-state index contributed by atoms with van der Waals surface area (Å²) < 4.78 is 34.7. The Labute approximate surface area is 121 Å². The Bertz CT molecular complexity index is 790. The predicted octanol–water partition coefficient (Wildman–Crippen LogP) is -1.02. The molecule has 1 aliphatic heterocycles. The van der Waals surface area contributed by atoms with E-state index in [2.05, 4.69) is 15.0 Å². The lowest BCUT2D eigenvalue weighted by atomic mass is 9.97. The van der Waals surface area contributed by atoms with Crippen molar-refractivity contribution in [1.29, 1.82) is 0 Å². The fourth-order valence-electron chi connectivity index (χ4n) is 2.49. The van der Waals surface area contributed by atoms with Gasteiger partial charge in [0.1, 0.15) is 6.61 Å². The molecule has 0 aromatic carbocycles. The van der Waals surface area contributed by atoms with Crippen molar-refractivity contribution in [2.24, 2.45) is 0 Å². The summed E-state index contributed by atoms with van der Waals surface area (Å²) in [6, 6.07) is 0. The number of hydrogen-bond donors (Lipinski definition) is 4. The van der Waals surface area contributed by atoms with E-state index in [-0.39, 0.29) is 17.1 Å². The monoisotopic (exact) mass is 317 g/mol. The van der Waals surface area contributed by atoms with E-state index < -0.39 is 36.0 Å². The Morgan fingerprint density at radius 2 is 2.27 bits per heavy atom. The first-order valence-corrected chi connectivity index (χ1v) is 6.27. The van der Waals surface area contributed by atoms with E-state index in [4.69, 9.17) is 15.6 Å². The number of fused-ring (bicyclic) bond motifs is 1. The van der Waals surface area contributed by atoms with E-state index in [0.29, 0.717) is 0 Å². The van der Waals surface area contributed by atoms with E-state index in [1.807, 2.05) is 0 Å². The first-order chi connectivity index (χ1) is 10.2. The fraction of sp³-hybridized carbons (Fsp3) is 0.545. The lowest BCUT2D eigenvalue weighted by molar-refractivity contribution is -0.206. The average Bonchev–Trinajstić information content (AvgIpc) is 2.93. The van der Waals surface area contributed by atoms with Crippen LogP contribution in [-0.4, -0.2) is 54.0 Å². The second-order valence-electron chi connectivity index (χ2n) is 5.24. The lowest BCUT2D eigenvalue weighted by Gasteiger charge is -2.24. The predicted molar refractivity (Wildman–Crippen MR) is 69.1 cm³/mol. The molecule has 1 saturated heterocycles. The van der Waals surface area contributed by atoms with Gasteiger partial charge in [-0.1, -0.05) is 0 Å². The molecule has 5 N–H and O–H groups in total. The molecule has 1 unspecified atom stereocenters. The van der Waals surface area contributed by atoms with Crippen LogP contribution in [0.3, 0.4) is 0 Å². The van der Waals surface area contributed by atoms with Gasteiger partial charge in [0, 0.05) is 0 Å². The Hall–Kier alpha value is -2.11. The minimum Gasteiger partial charge on any atom is -0.390 e. The van der Waals surface area contributed by atoms with Gasteiger partial charge in [0.05, 0.1) is 6.33 Å². The molecule has 0 saturated carbocycles. The molecule has 9 nitrogen and oxygen atoms in total. The number of imidazole rings is 1. The Morgan fingerprint density at radius 3 is 2.86 bits per heavy atom. The van der Waals surface area contributed by atoms with Gasteiger partial charge in [0.25, 0.3) is 11.4 Å². The van der Waals surface area contributed by atoms with Gasteiger partial charge in [-0.3, -0.25) is 14.3 Å². The number of alkyl halides is 2. The number of aliphatic hydroxyl groups is 2. The minimum atomic E-state index is -2.99. The van der Waals surface area contributed by atoms with Crippen LogP contribution in [0.15, 0.2) is 11.1 Å². The summed E-state index contributed by atoms with van der Waals surface area (Å²) in [5.41, 5.74) is 1.87. The van der Waals surface area contributed by atoms with Crippen LogP contribution in [0.1, 0.15) is 13.2 Å². The molecule has 120 valence electrons. The largest absolute Gasteiger partial charge is 0.390 e. The van der Waals surface area contributed by atoms with Crippen molar-refractivity contribution in [3.05, 3.63) is 16.7 Å². The highest BCUT2D eigenvalue weighted by molar-refractivity contribution is 5.70. The van der Waals surface area contributed by atoms with Crippen LogP contribution in [0.5, 0.6) is 0 Å². The molecular formula is C11H13F2N5O4. The molecule has 0 amide bonds. The lowest BCUT2D eigenvalue weighted by Crippen LogP contribution is -2.46. The molecule has 0 aliphatic carbocycles. The van der Waals surface area contributed by atoms with E-state index in [1.54, 1.807) is 0 Å². The first-order valence-electron chi connectivity index (χ1n) is 6.27. The number of H-pyrrole nitrogens is 1. The highest BCUT2D eigenvalue weighted by Crippen LogP contribution is 2.47. The molecule has 1 aliphatic rings. The number of aliphatic hydroxyl groups excluding tert-OH is 2. The van der Waals surface area contributed by atoms with Gasteiger partial charge in [-0.15, -0.1) is 0 Å². The Balaban J connectivity index is 2.18. The van der Waals surface area contributed by atoms with Gasteiger partial charge in [-0.05, 0) is 6.92 Å². The Kier molecular flexibility index (Phi) is 2.99. The smallest absolute Gasteiger partial charge is 0.280 e. The van der Waals surface area contributed by atoms with E-state index >= 15 is 0 Å². The maximum atomic E-state index is 14.7. The topological polar surface area (TPSA) is 139 Å². The molecule has 0 bridgehead atoms. The maximum Gasteiger partial charge on any atom is 0.280 e. The number of hydrogen-bond acceptors (Lipinski definition) is 7. The number of nitrogens with two attached hydrogens (primary N) is 1. The molecule has 2 aromatic rings. The number of rotatable bonds is 2. The molecule has 0 radical (unpaired) electrons. The summed E-state index contributed by atoms with van der Waals surface area (Å²) in [5.74, 6) is -3.23. The standard InChI is InChI=1S/C11H13F2N5O4/c1-10(12)7(21)11(13,2-19)22-8(10)18-3-15-4-5(18)16-9(14)17-6(4)20/h3,7-8,19,21H,2H2,1H3,(H3,14,16,17,20)/t7-,8+,10+,11?/m0/s1. The highest BCUT2D eigenvalue weighted by Gasteiger charge is 2.64. The summed E-state index contributed by atoms with van der Waals surface area (Å²) in [6.07, 6.45) is -2.92. The van der Waals surface area contributed by atoms with Crippen LogP contribution < -0.4 is 11.3 Å². The second-order valence-corrected chi connectivity index (χ2v) is 5.24. The molecule has 11 heteroatoms. The van der Waals surface area contributed by atoms with Crippen molar-refractivity contribution >= 4 is 17.1 Å². The minimum absolute atomic E-state index is 0.135. The third-order valence-corrected chi connectivity index (χ3v) is 3.65. The number of aromatic amines is 1. The summed E-state index contributed by atoms with van der Waals surface area (Å²) >= 11 is 0. The van der Waals surface area contributed by atoms with Gasteiger partial charge in [0.15, 0.2) is 29.2 Å². The molecule has 0 spiro atoms. The zero-order valence-corrected chi connectivity index (χ0v) is 11.3. The van der Waals surface area contributed by atoms with E-state index in [1.165, 1.54) is 0 Å². The quantitative estimate of drug-likeness (QED) is 0.556. The molecule has 2 aromatic heterocycles. The number of aromatic nitrogens is 4. The van der Waals surface area contributed by atoms with E-state index in [9.17, 15) is 18.7 Å². The van der Waals surface area contributed by atoms with Gasteiger partial charge < -0.3 is 20.7 Å². The summed E-state index contributed by atoms with van der Waals surface area (Å²) in [7, 11) is 0. The SMILES string of the molecule is C[C@@]1(F)[C@H](O)C(F)(CO)O[C@H]1n1cnc2c(=O)[nH]c(N)nc21. The van der Waals surface area contributed by atoms with Crippen molar-refractivity contribution in [1.82, 2.24) is 19.5 Å². The molecule has 3 rings (SSSR count). The molecule has 1 fully saturated rings. The molecule has 22 heavy (non-hydrogen) atoms. The van der Waals surface area contributed by atoms with Crippen LogP contribution in [0.2, 0.25) is 0 Å². The fourth-order valence-corrected chi connectivity index (χ4v) is 2.49. The van der Waals surface area contributed by atoms with Crippen molar-refractivity contribution < 1.29 is 23.7 Å². The zero-order chi connectivity index (χ0) is 16.3. The van der Waals surface area contributed by atoms with Crippen molar-refractivity contribution in [2.75, 3.05) is 12.3 Å². The Morgan fingerprint density at radius 1 is 1.59 bits per heavy atom. The van der Waals surface area contributed by atoms with Gasteiger partial charge >= 0.3 is 0 Å². The number of nitrogens with one attached hydrogen (secondary N) is 1. The highest BCUT2D eigenvalue weighted by atomic mass is 19.2. The summed E-state index contributed by atoms with van der Waals surface area (Å²) in [5, 5.41) is 18.7. The first kappa shape index (κ1) is 14.8. The third-order valence-electron chi connectivity index (χ3n) is 3.65. The van der Waals surface area contributed by atoms with Crippen LogP contribution >= 0.6 is 0 Å². The third kappa shape index (κ3) is 1.82. The zero-order valence-electron chi connectivity index (χ0n) is 11.3. The van der Waals surface area contributed by atoms with Crippen LogP contribution in [0, 0.1) is 0 Å². The summed E-state index contributed by atoms with van der Waals surface area (Å²) in [6.45, 7) is -0.339. The normalized spacial score (nSPS) is 35.3. The van der Waals surface area contributed by atoms with Gasteiger partial charge in [-0.25, -0.2) is 13.8 Å². The van der Waals surface area contributed by atoms with E-state index in [0.717, 1.165) is 17.8 Å². The number of ether oxygens (including phenoxy) is 1. The average molecular weight is 317 g/mol. The van der Waals surface area contributed by atoms with Crippen LogP contribution in [0.4, 0.5) is 14.7 Å². The number of nitrogens with zero attached hydrogens (tertiary/aromatic N) is 3. The van der Waals surface area contributed by atoms with Crippen molar-refractivity contribution in [3.8, 4) is 0 Å². The molecule has 4 atom stereocenters. The van der Waals surface area contributed by atoms with Crippen LogP contribution in [-0.2, 0) is 4.74 Å². The van der Waals surface area contributed by atoms with Gasteiger partial charge in [0.2, 0.25) is 5.95 Å². The molecular weight excluding hydrogens is 304 g/mol. The number of nitrogen functional groups attached to an aromatic ring is 1. The van der Waals surface area contributed by atoms with Crippen molar-refractivity contribution in [2.45, 2.75) is 30.8 Å². The van der Waals surface area contributed by atoms with Crippen molar-refractivity contribution in [3.63, 3.8) is 0 Å². The molecule has 3 heterocycles. The van der Waals surface area contributed by atoms with Crippen LogP contribution in [0.25, 0.3) is 11.2 Å².